The van der Waals surface area contributed by atoms with Gasteiger partial charge in [-0.2, -0.15) is 0 Å². The third-order valence-electron chi connectivity index (χ3n) is 2.03. The van der Waals surface area contributed by atoms with Crippen molar-refractivity contribution in [3.05, 3.63) is 0 Å². The predicted octanol–water partition coefficient (Wildman–Crippen LogP) is 0.134. The summed E-state index contributed by atoms with van der Waals surface area (Å²) in [5.74, 6) is 0. The van der Waals surface area contributed by atoms with E-state index in [0.29, 0.717) is 19.7 Å². The fraction of sp³-hybridized carbons (Fsp3) is 1.00. The van der Waals surface area contributed by atoms with E-state index >= 15 is 0 Å². The summed E-state index contributed by atoms with van der Waals surface area (Å²) >= 11 is 0. The second kappa shape index (κ2) is 7.17. The number of ether oxygens (including phenoxy) is 1. The van der Waals surface area contributed by atoms with Crippen LogP contribution in [0.25, 0.3) is 0 Å². The lowest BCUT2D eigenvalue weighted by molar-refractivity contribution is 0.0359. The van der Waals surface area contributed by atoms with Crippen LogP contribution in [-0.2, 0) is 4.74 Å². The van der Waals surface area contributed by atoms with E-state index < -0.39 is 11.7 Å². The van der Waals surface area contributed by atoms with Crippen molar-refractivity contribution in [3.8, 4) is 0 Å². The molecule has 2 unspecified atom stereocenters. The standard InChI is InChI=1S/C10H23NO3/c1-4-5-10(2,13)8-11-6-9(12)7-14-3/h9,11-13H,4-8H2,1-3H3. The summed E-state index contributed by atoms with van der Waals surface area (Å²) in [5, 5.41) is 22.1. The van der Waals surface area contributed by atoms with E-state index in [1.807, 2.05) is 6.92 Å². The van der Waals surface area contributed by atoms with Crippen LogP contribution in [0.5, 0.6) is 0 Å². The Morgan fingerprint density at radius 1 is 1.50 bits per heavy atom. The van der Waals surface area contributed by atoms with Gasteiger partial charge in [0, 0.05) is 20.2 Å². The van der Waals surface area contributed by atoms with E-state index in [9.17, 15) is 10.2 Å². The SMILES string of the molecule is CCCC(C)(O)CNCC(O)COC. The van der Waals surface area contributed by atoms with Gasteiger partial charge < -0.3 is 20.3 Å². The van der Waals surface area contributed by atoms with Crippen molar-refractivity contribution in [3.63, 3.8) is 0 Å². The maximum atomic E-state index is 9.78. The lowest BCUT2D eigenvalue weighted by Gasteiger charge is -2.23. The van der Waals surface area contributed by atoms with Crippen LogP contribution in [0.4, 0.5) is 0 Å². The molecule has 4 nitrogen and oxygen atoms in total. The smallest absolute Gasteiger partial charge is 0.0897 e. The zero-order valence-electron chi connectivity index (χ0n) is 9.42. The molecule has 14 heavy (non-hydrogen) atoms. The lowest BCUT2D eigenvalue weighted by atomic mass is 10.0. The summed E-state index contributed by atoms with van der Waals surface area (Å²) < 4.78 is 4.78. The summed E-state index contributed by atoms with van der Waals surface area (Å²) in [7, 11) is 1.55. The van der Waals surface area contributed by atoms with Crippen LogP contribution in [0, 0.1) is 0 Å². The molecule has 3 N–H and O–H groups in total. The average Bonchev–Trinajstić information content (AvgIpc) is 2.03. The highest BCUT2D eigenvalue weighted by Gasteiger charge is 2.18. The molecule has 0 heterocycles. The zero-order chi connectivity index (χ0) is 11.0. The van der Waals surface area contributed by atoms with E-state index in [1.165, 1.54) is 0 Å². The van der Waals surface area contributed by atoms with E-state index in [2.05, 4.69) is 5.32 Å². The molecule has 0 amide bonds. The van der Waals surface area contributed by atoms with Gasteiger partial charge in [0.25, 0.3) is 0 Å². The molecule has 4 heteroatoms. The monoisotopic (exact) mass is 205 g/mol. The molecule has 0 aliphatic heterocycles. The molecule has 0 saturated carbocycles. The van der Waals surface area contributed by atoms with Crippen LogP contribution in [-0.4, -0.2) is 48.7 Å². The number of hydrogen-bond acceptors (Lipinski definition) is 4. The highest BCUT2D eigenvalue weighted by Crippen LogP contribution is 2.09. The molecule has 0 bridgehead atoms. The predicted molar refractivity (Wildman–Crippen MR) is 56.3 cm³/mol. The van der Waals surface area contributed by atoms with Crippen molar-refractivity contribution >= 4 is 0 Å². The van der Waals surface area contributed by atoms with Gasteiger partial charge in [-0.1, -0.05) is 13.3 Å². The van der Waals surface area contributed by atoms with E-state index in [-0.39, 0.29) is 0 Å². The molecule has 0 aliphatic rings. The fourth-order valence-electron chi connectivity index (χ4n) is 1.39. The van der Waals surface area contributed by atoms with Crippen molar-refractivity contribution < 1.29 is 14.9 Å². The third-order valence-corrected chi connectivity index (χ3v) is 2.03. The Labute approximate surface area is 86.3 Å². The Balaban J connectivity index is 3.51. The second-order valence-corrected chi connectivity index (χ2v) is 3.99. The first kappa shape index (κ1) is 13.8. The molecule has 0 aromatic rings. The molecule has 0 rings (SSSR count). The fourth-order valence-corrected chi connectivity index (χ4v) is 1.39. The molecule has 0 aromatic carbocycles. The van der Waals surface area contributed by atoms with Crippen LogP contribution >= 0.6 is 0 Å². The Morgan fingerprint density at radius 3 is 2.64 bits per heavy atom. The molecule has 0 aliphatic carbocycles. The second-order valence-electron chi connectivity index (χ2n) is 3.99. The van der Waals surface area contributed by atoms with Crippen molar-refractivity contribution in [2.24, 2.45) is 0 Å². The van der Waals surface area contributed by atoms with Gasteiger partial charge >= 0.3 is 0 Å². The van der Waals surface area contributed by atoms with Gasteiger partial charge in [-0.15, -0.1) is 0 Å². The average molecular weight is 205 g/mol. The van der Waals surface area contributed by atoms with Gasteiger partial charge in [-0.25, -0.2) is 0 Å². The molecule has 2 atom stereocenters. The summed E-state index contributed by atoms with van der Waals surface area (Å²) in [6, 6.07) is 0. The molecule has 0 saturated heterocycles. The Kier molecular flexibility index (Phi) is 7.09. The van der Waals surface area contributed by atoms with E-state index in [0.717, 1.165) is 12.8 Å². The maximum absolute atomic E-state index is 9.78. The van der Waals surface area contributed by atoms with Crippen LogP contribution in [0.3, 0.4) is 0 Å². The highest BCUT2D eigenvalue weighted by molar-refractivity contribution is 4.75. The van der Waals surface area contributed by atoms with Gasteiger partial charge in [0.05, 0.1) is 18.3 Å². The largest absolute Gasteiger partial charge is 0.389 e. The van der Waals surface area contributed by atoms with Crippen LogP contribution in [0.15, 0.2) is 0 Å². The first-order valence-electron chi connectivity index (χ1n) is 5.12. The minimum atomic E-state index is -0.679. The topological polar surface area (TPSA) is 61.7 Å². The van der Waals surface area contributed by atoms with Crippen molar-refractivity contribution in [2.45, 2.75) is 38.4 Å². The Morgan fingerprint density at radius 2 is 2.14 bits per heavy atom. The van der Waals surface area contributed by atoms with Gasteiger partial charge in [0.15, 0.2) is 0 Å². The van der Waals surface area contributed by atoms with Crippen LogP contribution in [0.2, 0.25) is 0 Å². The molecule has 0 fully saturated rings. The lowest BCUT2D eigenvalue weighted by Crippen LogP contribution is -2.41. The first-order chi connectivity index (χ1) is 6.52. The zero-order valence-corrected chi connectivity index (χ0v) is 9.42. The van der Waals surface area contributed by atoms with E-state index in [1.54, 1.807) is 14.0 Å². The normalized spacial score (nSPS) is 17.8. The quantitative estimate of drug-likeness (QED) is 0.527. The summed E-state index contributed by atoms with van der Waals surface area (Å²) in [6.07, 6.45) is 1.22. The minimum absolute atomic E-state index is 0.322. The summed E-state index contributed by atoms with van der Waals surface area (Å²) in [5.41, 5.74) is -0.679. The van der Waals surface area contributed by atoms with Crippen molar-refractivity contribution in [1.29, 1.82) is 0 Å². The maximum Gasteiger partial charge on any atom is 0.0897 e. The number of hydrogen-bond donors (Lipinski definition) is 3. The summed E-state index contributed by atoms with van der Waals surface area (Å²) in [4.78, 5) is 0. The number of rotatable bonds is 8. The first-order valence-corrected chi connectivity index (χ1v) is 5.12. The Hall–Kier alpha value is -0.160. The highest BCUT2D eigenvalue weighted by atomic mass is 16.5. The van der Waals surface area contributed by atoms with Crippen molar-refractivity contribution in [2.75, 3.05) is 26.8 Å². The molecular formula is C10H23NO3. The third kappa shape index (κ3) is 7.26. The van der Waals surface area contributed by atoms with Crippen LogP contribution < -0.4 is 5.32 Å². The van der Waals surface area contributed by atoms with Gasteiger partial charge in [-0.3, -0.25) is 0 Å². The van der Waals surface area contributed by atoms with E-state index in [4.69, 9.17) is 4.74 Å². The number of methoxy groups -OCH3 is 1. The molecular weight excluding hydrogens is 182 g/mol. The number of aliphatic hydroxyl groups is 2. The van der Waals surface area contributed by atoms with Gasteiger partial charge in [0.2, 0.25) is 0 Å². The van der Waals surface area contributed by atoms with Gasteiger partial charge in [0.1, 0.15) is 0 Å². The number of aliphatic hydroxyl groups excluding tert-OH is 1. The Bertz CT molecular complexity index is 139. The van der Waals surface area contributed by atoms with Crippen molar-refractivity contribution in [1.82, 2.24) is 5.32 Å². The molecule has 0 radical (unpaired) electrons. The minimum Gasteiger partial charge on any atom is -0.389 e. The summed E-state index contributed by atoms with van der Waals surface area (Å²) in [6.45, 7) is 5.11. The molecule has 0 spiro atoms. The number of nitrogens with one attached hydrogen (secondary N) is 1. The van der Waals surface area contributed by atoms with Crippen LogP contribution in [0.1, 0.15) is 26.7 Å². The molecule has 86 valence electrons. The van der Waals surface area contributed by atoms with Gasteiger partial charge in [-0.05, 0) is 13.3 Å². The molecule has 0 aromatic heterocycles.